The Labute approximate surface area is 181 Å². The molecule has 1 aliphatic heterocycles. The van der Waals surface area contributed by atoms with Crippen LogP contribution in [0, 0.1) is 5.82 Å². The van der Waals surface area contributed by atoms with Gasteiger partial charge in [-0.2, -0.15) is 0 Å². The average molecular weight is 434 g/mol. The van der Waals surface area contributed by atoms with E-state index in [1.165, 1.54) is 23.8 Å². The molecule has 4 rings (SSSR count). The van der Waals surface area contributed by atoms with Gasteiger partial charge in [0.05, 0.1) is 29.0 Å². The van der Waals surface area contributed by atoms with Gasteiger partial charge < -0.3 is 4.74 Å². The van der Waals surface area contributed by atoms with E-state index in [1.54, 1.807) is 31.2 Å². The second-order valence-corrected chi connectivity index (χ2v) is 7.92. The van der Waals surface area contributed by atoms with Gasteiger partial charge in [-0.05, 0) is 24.6 Å². The van der Waals surface area contributed by atoms with Crippen LogP contribution in [0.5, 0.6) is 0 Å². The number of halogens is 1. The van der Waals surface area contributed by atoms with Gasteiger partial charge in [0.15, 0.2) is 4.80 Å². The van der Waals surface area contributed by atoms with Crippen LogP contribution in [0.2, 0.25) is 0 Å². The van der Waals surface area contributed by atoms with Crippen LogP contribution in [0.3, 0.4) is 0 Å². The molecule has 3 aromatic rings. The molecule has 2 aromatic carbocycles. The Morgan fingerprint density at radius 3 is 2.58 bits per heavy atom. The zero-order chi connectivity index (χ0) is 22.0. The SMILES string of the molecule is COC(=O)C1=C(C)N=c2s/c(=C\c3ccccc3F)c(=O)n2[C@H]1/C=C/c1ccccc1. The van der Waals surface area contributed by atoms with Crippen LogP contribution < -0.4 is 14.9 Å². The van der Waals surface area contributed by atoms with Crippen molar-refractivity contribution in [2.75, 3.05) is 7.11 Å². The minimum absolute atomic E-state index is 0.291. The lowest BCUT2D eigenvalue weighted by Crippen LogP contribution is -2.38. The summed E-state index contributed by atoms with van der Waals surface area (Å²) < 4.78 is 20.9. The highest BCUT2D eigenvalue weighted by molar-refractivity contribution is 7.07. The van der Waals surface area contributed by atoms with Crippen LogP contribution in [-0.4, -0.2) is 17.6 Å². The van der Waals surface area contributed by atoms with Crippen LogP contribution in [0.1, 0.15) is 24.1 Å². The molecule has 2 heterocycles. The molecule has 31 heavy (non-hydrogen) atoms. The third-order valence-electron chi connectivity index (χ3n) is 4.93. The number of ether oxygens (including phenoxy) is 1. The quantitative estimate of drug-likeness (QED) is 0.593. The molecule has 5 nitrogen and oxygen atoms in total. The molecule has 156 valence electrons. The fourth-order valence-electron chi connectivity index (χ4n) is 3.42. The van der Waals surface area contributed by atoms with Crippen LogP contribution >= 0.6 is 11.3 Å². The summed E-state index contributed by atoms with van der Waals surface area (Å²) in [6, 6.07) is 15.1. The van der Waals surface area contributed by atoms with Gasteiger partial charge in [0.1, 0.15) is 5.82 Å². The maximum Gasteiger partial charge on any atom is 0.338 e. The van der Waals surface area contributed by atoms with Crippen molar-refractivity contribution in [3.8, 4) is 0 Å². The standard InChI is InChI=1S/C24H19FN2O3S/c1-15-21(23(29)30-2)19(13-12-16-8-4-3-5-9-16)27-22(28)20(31-24(27)26-15)14-17-10-6-7-11-18(17)25/h3-14,19H,1-2H3/b13-12+,20-14-/t19-/m0/s1. The van der Waals surface area contributed by atoms with E-state index in [2.05, 4.69) is 4.99 Å². The van der Waals surface area contributed by atoms with Gasteiger partial charge in [0.2, 0.25) is 0 Å². The van der Waals surface area contributed by atoms with Crippen LogP contribution in [0.4, 0.5) is 4.39 Å². The Hall–Kier alpha value is -3.58. The van der Waals surface area contributed by atoms with E-state index in [1.807, 2.05) is 36.4 Å². The van der Waals surface area contributed by atoms with Gasteiger partial charge >= 0.3 is 5.97 Å². The Kier molecular flexibility index (Phi) is 5.77. The number of carbonyl (C=O) groups excluding carboxylic acids is 1. The molecular weight excluding hydrogens is 415 g/mol. The lowest BCUT2D eigenvalue weighted by molar-refractivity contribution is -0.136. The average Bonchev–Trinajstić information content (AvgIpc) is 3.08. The molecule has 0 saturated heterocycles. The summed E-state index contributed by atoms with van der Waals surface area (Å²) in [5.41, 5.74) is 1.67. The van der Waals surface area contributed by atoms with Gasteiger partial charge in [0.25, 0.3) is 5.56 Å². The van der Waals surface area contributed by atoms with Crippen molar-refractivity contribution in [1.82, 2.24) is 4.57 Å². The summed E-state index contributed by atoms with van der Waals surface area (Å²) in [6.45, 7) is 1.71. The minimum Gasteiger partial charge on any atom is -0.466 e. The highest BCUT2D eigenvalue weighted by atomic mass is 32.1. The van der Waals surface area contributed by atoms with Crippen molar-refractivity contribution in [3.05, 3.63) is 109 Å². The van der Waals surface area contributed by atoms with Crippen molar-refractivity contribution in [3.63, 3.8) is 0 Å². The van der Waals surface area contributed by atoms with Crippen LogP contribution in [-0.2, 0) is 9.53 Å². The molecule has 0 bridgehead atoms. The molecule has 0 aliphatic carbocycles. The predicted molar refractivity (Wildman–Crippen MR) is 119 cm³/mol. The fourth-order valence-corrected chi connectivity index (χ4v) is 4.46. The van der Waals surface area contributed by atoms with Crippen molar-refractivity contribution in [1.29, 1.82) is 0 Å². The zero-order valence-electron chi connectivity index (χ0n) is 16.9. The monoisotopic (exact) mass is 434 g/mol. The molecule has 1 aliphatic rings. The van der Waals surface area contributed by atoms with Crippen molar-refractivity contribution < 1.29 is 13.9 Å². The van der Waals surface area contributed by atoms with E-state index in [9.17, 15) is 14.0 Å². The largest absolute Gasteiger partial charge is 0.466 e. The topological polar surface area (TPSA) is 60.7 Å². The molecule has 1 aromatic heterocycles. The molecule has 0 N–H and O–H groups in total. The van der Waals surface area contributed by atoms with Gasteiger partial charge in [0, 0.05) is 5.56 Å². The number of carbonyl (C=O) groups is 1. The van der Waals surface area contributed by atoms with E-state index in [4.69, 9.17) is 4.74 Å². The number of fused-ring (bicyclic) bond motifs is 1. The molecule has 0 saturated carbocycles. The number of hydrogen-bond acceptors (Lipinski definition) is 5. The van der Waals surface area contributed by atoms with E-state index in [0.717, 1.165) is 16.9 Å². The number of benzene rings is 2. The highest BCUT2D eigenvalue weighted by Crippen LogP contribution is 2.26. The smallest absolute Gasteiger partial charge is 0.338 e. The molecule has 0 spiro atoms. The summed E-state index contributed by atoms with van der Waals surface area (Å²) in [5.74, 6) is -0.965. The maximum atomic E-state index is 14.1. The lowest BCUT2D eigenvalue weighted by atomic mass is 10.0. The Balaban J connectivity index is 1.90. The summed E-state index contributed by atoms with van der Waals surface area (Å²) >= 11 is 1.16. The first-order valence-electron chi connectivity index (χ1n) is 9.58. The molecule has 0 unspecified atom stereocenters. The number of aromatic nitrogens is 1. The summed E-state index contributed by atoms with van der Waals surface area (Å²) in [7, 11) is 1.30. The Morgan fingerprint density at radius 1 is 1.16 bits per heavy atom. The third kappa shape index (κ3) is 4.04. The van der Waals surface area contributed by atoms with E-state index in [0.29, 0.717) is 26.2 Å². The number of hydrogen-bond donors (Lipinski definition) is 0. The summed E-state index contributed by atoms with van der Waals surface area (Å²) in [4.78, 5) is 30.7. The lowest BCUT2D eigenvalue weighted by Gasteiger charge is -2.21. The van der Waals surface area contributed by atoms with Crippen LogP contribution in [0.15, 0.2) is 81.7 Å². The normalized spacial score (nSPS) is 16.4. The van der Waals surface area contributed by atoms with Crippen LogP contribution in [0.25, 0.3) is 12.2 Å². The van der Waals surface area contributed by atoms with Crippen molar-refractivity contribution in [2.45, 2.75) is 13.0 Å². The van der Waals surface area contributed by atoms with Gasteiger partial charge in [-0.3, -0.25) is 9.36 Å². The summed E-state index contributed by atoms with van der Waals surface area (Å²) in [6.07, 6.45) is 5.14. The maximum absolute atomic E-state index is 14.1. The predicted octanol–water partition coefficient (Wildman–Crippen LogP) is 3.21. The Morgan fingerprint density at radius 2 is 1.87 bits per heavy atom. The zero-order valence-corrected chi connectivity index (χ0v) is 17.7. The molecule has 0 fully saturated rings. The molecule has 0 amide bonds. The number of esters is 1. The number of thiazole rings is 1. The first kappa shape index (κ1) is 20.7. The van der Waals surface area contributed by atoms with Gasteiger partial charge in [-0.1, -0.05) is 72.0 Å². The first-order chi connectivity index (χ1) is 15.0. The number of rotatable bonds is 4. The van der Waals surface area contributed by atoms with Crippen molar-refractivity contribution in [2.24, 2.45) is 4.99 Å². The first-order valence-corrected chi connectivity index (χ1v) is 10.4. The minimum atomic E-state index is -0.688. The molecule has 1 atom stereocenters. The second kappa shape index (κ2) is 8.65. The van der Waals surface area contributed by atoms with E-state index >= 15 is 0 Å². The Bertz CT molecular complexity index is 1380. The molecular formula is C24H19FN2O3S. The number of methoxy groups -OCH3 is 1. The van der Waals surface area contributed by atoms with E-state index < -0.39 is 17.8 Å². The number of allylic oxidation sites excluding steroid dienone is 2. The summed E-state index contributed by atoms with van der Waals surface area (Å²) in [5, 5.41) is 0. The van der Waals surface area contributed by atoms with Crippen molar-refractivity contribution >= 4 is 29.5 Å². The number of nitrogens with zero attached hydrogens (tertiary/aromatic N) is 2. The fraction of sp³-hybridized carbons (Fsp3) is 0.125. The highest BCUT2D eigenvalue weighted by Gasteiger charge is 2.30. The van der Waals surface area contributed by atoms with E-state index in [-0.39, 0.29) is 5.56 Å². The van der Waals surface area contributed by atoms with Gasteiger partial charge in [-0.25, -0.2) is 14.2 Å². The molecule has 7 heteroatoms. The third-order valence-corrected chi connectivity index (χ3v) is 5.91. The molecule has 0 radical (unpaired) electrons. The second-order valence-electron chi connectivity index (χ2n) is 6.91. The van der Waals surface area contributed by atoms with Gasteiger partial charge in [-0.15, -0.1) is 0 Å².